The van der Waals surface area contributed by atoms with Crippen LogP contribution in [-0.4, -0.2) is 24.6 Å². The first-order chi connectivity index (χ1) is 6.58. The average Bonchev–Trinajstić information content (AvgIpc) is 1.99. The van der Waals surface area contributed by atoms with Gasteiger partial charge in [0.2, 0.25) is 0 Å². The molecule has 2 bridgehead atoms. The number of carbonyl (C=O) groups is 2. The van der Waals surface area contributed by atoms with Gasteiger partial charge in [-0.25, -0.2) is 0 Å². The summed E-state index contributed by atoms with van der Waals surface area (Å²) in [6.07, 6.45) is 2.64. The lowest BCUT2D eigenvalue weighted by atomic mass is 9.34. The lowest BCUT2D eigenvalue weighted by Crippen LogP contribution is -2.69. The van der Waals surface area contributed by atoms with Crippen LogP contribution in [0.3, 0.4) is 0 Å². The average molecular weight is 195 g/mol. The minimum atomic E-state index is -0.367. The Morgan fingerprint density at radius 1 is 1.36 bits per heavy atom. The van der Waals surface area contributed by atoms with Gasteiger partial charge in [-0.1, -0.05) is 0 Å². The predicted octanol–water partition coefficient (Wildman–Crippen LogP) is 0.938. The van der Waals surface area contributed by atoms with E-state index in [0.29, 0.717) is 25.9 Å². The monoisotopic (exact) mass is 195 g/mol. The molecule has 0 radical (unpaired) electrons. The van der Waals surface area contributed by atoms with Crippen molar-refractivity contribution in [2.45, 2.75) is 26.2 Å². The minimum Gasteiger partial charge on any atom is -0.466 e. The summed E-state index contributed by atoms with van der Waals surface area (Å²) in [6, 6.07) is 0. The summed E-state index contributed by atoms with van der Waals surface area (Å²) in [5.74, 6) is -0.302. The van der Waals surface area contributed by atoms with Gasteiger partial charge in [-0.3, -0.25) is 9.59 Å². The summed E-state index contributed by atoms with van der Waals surface area (Å²) in [5.41, 5.74) is -0.733. The Morgan fingerprint density at radius 3 is 2.36 bits per heavy atom. The highest BCUT2D eigenvalue weighted by Gasteiger charge is 2.74. The lowest BCUT2D eigenvalue weighted by Gasteiger charge is -2.66. The largest absolute Gasteiger partial charge is 0.466 e. The number of esters is 1. The molecule has 0 amide bonds. The van der Waals surface area contributed by atoms with Crippen molar-refractivity contribution >= 4 is 18.0 Å². The molecule has 0 spiro atoms. The van der Waals surface area contributed by atoms with Gasteiger partial charge in [-0.15, -0.1) is 0 Å². The number of nitrogens with one attached hydrogen (secondary N) is 1. The topological polar surface area (TPSA) is 67.2 Å². The first kappa shape index (κ1) is 9.37. The van der Waals surface area contributed by atoms with Crippen LogP contribution in [0.25, 0.3) is 0 Å². The molecule has 0 atom stereocenters. The fraction of sp³-hybridized carbons (Fsp3) is 0.700. The normalized spacial score (nSPS) is 37.8. The first-order valence-electron chi connectivity index (χ1n) is 4.81. The molecule has 1 N–H and O–H groups in total. The number of rotatable bonds is 4. The molecule has 0 heterocycles. The Bertz CT molecular complexity index is 302. The molecule has 0 aliphatic heterocycles. The van der Waals surface area contributed by atoms with Gasteiger partial charge >= 0.3 is 5.97 Å². The van der Waals surface area contributed by atoms with E-state index in [2.05, 4.69) is 0 Å². The van der Waals surface area contributed by atoms with E-state index >= 15 is 0 Å². The Labute approximate surface area is 82.1 Å². The quantitative estimate of drug-likeness (QED) is 0.536. The minimum absolute atomic E-state index is 0.135. The van der Waals surface area contributed by atoms with E-state index in [0.717, 1.165) is 6.21 Å². The second-order valence-corrected chi connectivity index (χ2v) is 4.32. The smallest absolute Gasteiger partial charge is 0.312 e. The summed E-state index contributed by atoms with van der Waals surface area (Å²) in [5, 5.41) is 6.89. The van der Waals surface area contributed by atoms with E-state index in [1.807, 2.05) is 0 Å². The van der Waals surface area contributed by atoms with Crippen LogP contribution in [0.4, 0.5) is 0 Å². The number of hydrogen-bond acceptors (Lipinski definition) is 4. The molecule has 3 aliphatic carbocycles. The highest BCUT2D eigenvalue weighted by Crippen LogP contribution is 2.73. The molecule has 3 rings (SSSR count). The van der Waals surface area contributed by atoms with Crippen LogP contribution < -0.4 is 0 Å². The van der Waals surface area contributed by atoms with Crippen LogP contribution in [0.1, 0.15) is 26.2 Å². The first-order valence-corrected chi connectivity index (χ1v) is 4.81. The van der Waals surface area contributed by atoms with E-state index in [9.17, 15) is 9.59 Å². The van der Waals surface area contributed by atoms with Crippen LogP contribution in [-0.2, 0) is 14.3 Å². The van der Waals surface area contributed by atoms with Crippen molar-refractivity contribution in [2.75, 3.05) is 6.61 Å². The van der Waals surface area contributed by atoms with Crippen molar-refractivity contribution in [3.8, 4) is 0 Å². The zero-order valence-corrected chi connectivity index (χ0v) is 8.13. The summed E-state index contributed by atoms with van der Waals surface area (Å²) >= 11 is 0. The molecule has 14 heavy (non-hydrogen) atoms. The number of Topliss-reactive ketones (excluding diaryl/α,β-unsaturated/α-hetero) is 1. The molecule has 4 nitrogen and oxygen atoms in total. The van der Waals surface area contributed by atoms with Crippen molar-refractivity contribution in [2.24, 2.45) is 10.8 Å². The molecule has 3 aliphatic rings. The second kappa shape index (κ2) is 2.65. The standard InChI is InChI=1S/C10H13NO3/c1-2-14-8(13)10-4-9(5-10,6-10)7(12)3-11/h3,11H,2,4-6H2,1H3. The fourth-order valence-corrected chi connectivity index (χ4v) is 2.70. The molecule has 0 aromatic carbocycles. The lowest BCUT2D eigenvalue weighted by molar-refractivity contribution is -0.219. The molecule has 0 unspecified atom stereocenters. The molecule has 0 saturated heterocycles. The van der Waals surface area contributed by atoms with Crippen molar-refractivity contribution in [1.29, 1.82) is 5.41 Å². The van der Waals surface area contributed by atoms with Gasteiger partial charge in [-0.05, 0) is 26.2 Å². The van der Waals surface area contributed by atoms with Gasteiger partial charge in [0.1, 0.15) is 0 Å². The fourth-order valence-electron chi connectivity index (χ4n) is 2.70. The van der Waals surface area contributed by atoms with Crippen molar-refractivity contribution < 1.29 is 14.3 Å². The van der Waals surface area contributed by atoms with Crippen LogP contribution >= 0.6 is 0 Å². The number of ketones is 1. The highest BCUT2D eigenvalue weighted by molar-refractivity contribution is 6.30. The number of ether oxygens (including phenoxy) is 1. The second-order valence-electron chi connectivity index (χ2n) is 4.32. The van der Waals surface area contributed by atoms with Crippen LogP contribution in [0, 0.1) is 16.2 Å². The molecular formula is C10H13NO3. The van der Waals surface area contributed by atoms with Crippen molar-refractivity contribution in [3.63, 3.8) is 0 Å². The highest BCUT2D eigenvalue weighted by atomic mass is 16.5. The van der Waals surface area contributed by atoms with Gasteiger partial charge < -0.3 is 10.1 Å². The van der Waals surface area contributed by atoms with Gasteiger partial charge in [-0.2, -0.15) is 0 Å². The van der Waals surface area contributed by atoms with Crippen LogP contribution in [0.15, 0.2) is 0 Å². The zero-order chi connectivity index (χ0) is 10.4. The Balaban J connectivity index is 1.97. The van der Waals surface area contributed by atoms with Gasteiger partial charge in [0.15, 0.2) is 5.78 Å². The predicted molar refractivity (Wildman–Crippen MR) is 49.1 cm³/mol. The van der Waals surface area contributed by atoms with E-state index in [4.69, 9.17) is 10.1 Å². The number of hydrogen-bond donors (Lipinski definition) is 1. The van der Waals surface area contributed by atoms with Gasteiger partial charge in [0.05, 0.1) is 18.2 Å². The maximum absolute atomic E-state index is 11.4. The summed E-state index contributed by atoms with van der Waals surface area (Å²) < 4.78 is 4.94. The zero-order valence-electron chi connectivity index (χ0n) is 8.13. The van der Waals surface area contributed by atoms with E-state index < -0.39 is 0 Å². The molecule has 76 valence electrons. The third kappa shape index (κ3) is 0.910. The Hall–Kier alpha value is -1.19. The Morgan fingerprint density at radius 2 is 1.93 bits per heavy atom. The van der Waals surface area contributed by atoms with E-state index in [1.54, 1.807) is 6.92 Å². The van der Waals surface area contributed by atoms with Crippen molar-refractivity contribution in [3.05, 3.63) is 0 Å². The Kier molecular flexibility index (Phi) is 1.77. The molecule has 0 aromatic rings. The molecule has 3 saturated carbocycles. The molecule has 0 aromatic heterocycles. The van der Waals surface area contributed by atoms with Gasteiger partial charge in [0, 0.05) is 5.41 Å². The van der Waals surface area contributed by atoms with E-state index in [-0.39, 0.29) is 22.6 Å². The summed E-state index contributed by atoms with van der Waals surface area (Å²) in [4.78, 5) is 22.7. The summed E-state index contributed by atoms with van der Waals surface area (Å²) in [6.45, 7) is 2.17. The van der Waals surface area contributed by atoms with E-state index in [1.165, 1.54) is 0 Å². The third-order valence-electron chi connectivity index (χ3n) is 3.39. The third-order valence-corrected chi connectivity index (χ3v) is 3.39. The molecule has 4 heteroatoms. The molecular weight excluding hydrogens is 182 g/mol. The maximum atomic E-state index is 11.4. The molecule has 3 fully saturated rings. The maximum Gasteiger partial charge on any atom is 0.312 e. The van der Waals surface area contributed by atoms with Gasteiger partial charge in [0.25, 0.3) is 0 Å². The van der Waals surface area contributed by atoms with Crippen LogP contribution in [0.5, 0.6) is 0 Å². The van der Waals surface area contributed by atoms with Crippen molar-refractivity contribution in [1.82, 2.24) is 0 Å². The SMILES string of the molecule is CCOC(=O)C12CC(C(=O)C=N)(C1)C2. The summed E-state index contributed by atoms with van der Waals surface area (Å²) in [7, 11) is 0. The van der Waals surface area contributed by atoms with Crippen LogP contribution in [0.2, 0.25) is 0 Å². The number of carbonyl (C=O) groups excluding carboxylic acids is 2.